The monoisotopic (exact) mass is 263 g/mol. The fourth-order valence-electron chi connectivity index (χ4n) is 3.13. The van der Waals surface area contributed by atoms with Crippen LogP contribution in [-0.2, 0) is 4.84 Å². The summed E-state index contributed by atoms with van der Waals surface area (Å²) in [6.45, 7) is 6.52. The van der Waals surface area contributed by atoms with Gasteiger partial charge in [0, 0.05) is 25.0 Å². The predicted molar refractivity (Wildman–Crippen MR) is 80.9 cm³/mol. The first kappa shape index (κ1) is 14.5. The summed E-state index contributed by atoms with van der Waals surface area (Å²) in [5, 5.41) is 0. The summed E-state index contributed by atoms with van der Waals surface area (Å²) in [7, 11) is 4.25. The molecule has 0 spiro atoms. The van der Waals surface area contributed by atoms with Crippen LogP contribution in [0.3, 0.4) is 0 Å². The van der Waals surface area contributed by atoms with E-state index in [1.807, 2.05) is 0 Å². The van der Waals surface area contributed by atoms with Crippen LogP contribution in [0.5, 0.6) is 0 Å². The van der Waals surface area contributed by atoms with E-state index in [0.717, 1.165) is 25.9 Å². The van der Waals surface area contributed by atoms with Crippen LogP contribution < -0.4 is 4.65 Å². The van der Waals surface area contributed by atoms with E-state index in [4.69, 9.17) is 4.84 Å². The van der Waals surface area contributed by atoms with Crippen molar-refractivity contribution in [3.63, 3.8) is 0 Å². The number of rotatable bonds is 5. The van der Waals surface area contributed by atoms with Crippen molar-refractivity contribution >= 4 is 5.69 Å². The summed E-state index contributed by atoms with van der Waals surface area (Å²) >= 11 is 0. The molecule has 0 N–H and O–H groups in total. The second kappa shape index (κ2) is 6.04. The summed E-state index contributed by atoms with van der Waals surface area (Å²) in [6.07, 6.45) is 2.65. The Morgan fingerprint density at radius 3 is 2.53 bits per heavy atom. The lowest BCUT2D eigenvalue weighted by molar-refractivity contribution is -0.148. The zero-order valence-corrected chi connectivity index (χ0v) is 12.7. The highest BCUT2D eigenvalue weighted by Crippen LogP contribution is 2.37. The number of quaternary nitrogens is 1. The molecule has 106 valence electrons. The lowest BCUT2D eigenvalue weighted by atomic mass is 10.1. The first-order valence-electron chi connectivity index (χ1n) is 7.35. The van der Waals surface area contributed by atoms with Gasteiger partial charge in [0.25, 0.3) is 0 Å². The standard InChI is InChI=1S/C16H27N2O/c1-5-15-13-14(2)19-18(15,12-11-17(3)4)16-9-7-6-8-10-16/h6-10,14-15H,5,11-13H2,1-4H3/q+1. The number of hydrogen-bond acceptors (Lipinski definition) is 2. The Labute approximate surface area is 117 Å². The van der Waals surface area contributed by atoms with Gasteiger partial charge in [0.2, 0.25) is 0 Å². The van der Waals surface area contributed by atoms with Crippen LogP contribution in [0.2, 0.25) is 0 Å². The Morgan fingerprint density at radius 1 is 1.26 bits per heavy atom. The SMILES string of the molecule is CCC1CC(C)O[N+]1(CCN(C)C)c1ccccc1. The van der Waals surface area contributed by atoms with E-state index >= 15 is 0 Å². The molecule has 3 heteroatoms. The average molecular weight is 263 g/mol. The molecule has 0 aromatic heterocycles. The van der Waals surface area contributed by atoms with E-state index in [9.17, 15) is 0 Å². The van der Waals surface area contributed by atoms with Crippen LogP contribution in [0.15, 0.2) is 30.3 Å². The maximum Gasteiger partial charge on any atom is 0.165 e. The van der Waals surface area contributed by atoms with Crippen molar-refractivity contribution < 1.29 is 4.84 Å². The molecule has 3 unspecified atom stereocenters. The summed E-state index contributed by atoms with van der Waals surface area (Å²) < 4.78 is 0.691. The molecule has 1 aliphatic rings. The van der Waals surface area contributed by atoms with E-state index in [1.165, 1.54) is 5.69 Å². The highest BCUT2D eigenvalue weighted by Gasteiger charge is 2.48. The van der Waals surface area contributed by atoms with E-state index < -0.39 is 0 Å². The minimum absolute atomic E-state index is 0.340. The Morgan fingerprint density at radius 2 is 1.95 bits per heavy atom. The van der Waals surface area contributed by atoms with Gasteiger partial charge in [0.05, 0.1) is 6.54 Å². The Kier molecular flexibility index (Phi) is 4.61. The molecule has 1 saturated heterocycles. The van der Waals surface area contributed by atoms with Crippen LogP contribution in [0.25, 0.3) is 0 Å². The molecule has 0 aliphatic carbocycles. The molecule has 2 rings (SSSR count). The third kappa shape index (κ3) is 2.99. The van der Waals surface area contributed by atoms with Gasteiger partial charge >= 0.3 is 0 Å². The van der Waals surface area contributed by atoms with Gasteiger partial charge in [-0.25, -0.2) is 0 Å². The first-order chi connectivity index (χ1) is 9.08. The van der Waals surface area contributed by atoms with Gasteiger partial charge in [0.15, 0.2) is 5.69 Å². The number of likely N-dealkylation sites (N-methyl/N-ethyl adjacent to an activating group) is 1. The first-order valence-corrected chi connectivity index (χ1v) is 7.35. The molecular weight excluding hydrogens is 236 g/mol. The van der Waals surface area contributed by atoms with Gasteiger partial charge in [-0.2, -0.15) is 4.84 Å². The topological polar surface area (TPSA) is 12.5 Å². The molecule has 1 aromatic carbocycles. The van der Waals surface area contributed by atoms with Crippen molar-refractivity contribution in [3.8, 4) is 0 Å². The second-order valence-corrected chi connectivity index (χ2v) is 5.87. The van der Waals surface area contributed by atoms with E-state index in [2.05, 4.69) is 63.2 Å². The minimum atomic E-state index is 0.340. The summed E-state index contributed by atoms with van der Waals surface area (Å²) in [4.78, 5) is 8.64. The van der Waals surface area contributed by atoms with E-state index in [1.54, 1.807) is 0 Å². The van der Waals surface area contributed by atoms with E-state index in [0.29, 0.717) is 16.8 Å². The Bertz CT molecular complexity index is 393. The quantitative estimate of drug-likeness (QED) is 0.757. The van der Waals surface area contributed by atoms with Crippen molar-refractivity contribution in [2.45, 2.75) is 38.8 Å². The smallest absolute Gasteiger partial charge is 0.165 e. The minimum Gasteiger partial charge on any atom is -0.304 e. The number of hydroxylamine groups is 2. The van der Waals surface area contributed by atoms with Crippen molar-refractivity contribution in [2.75, 3.05) is 27.2 Å². The molecule has 0 radical (unpaired) electrons. The molecule has 0 saturated carbocycles. The van der Waals surface area contributed by atoms with Crippen molar-refractivity contribution in [3.05, 3.63) is 30.3 Å². The molecule has 1 aromatic rings. The third-order valence-corrected chi connectivity index (χ3v) is 4.11. The molecule has 1 aliphatic heterocycles. The summed E-state index contributed by atoms with van der Waals surface area (Å²) in [5.41, 5.74) is 1.29. The second-order valence-electron chi connectivity index (χ2n) is 5.87. The maximum absolute atomic E-state index is 6.40. The van der Waals surface area contributed by atoms with Gasteiger partial charge in [-0.05, 0) is 21.0 Å². The molecule has 1 heterocycles. The normalized spacial score (nSPS) is 31.0. The van der Waals surface area contributed by atoms with Crippen molar-refractivity contribution in [1.29, 1.82) is 0 Å². The third-order valence-electron chi connectivity index (χ3n) is 4.11. The summed E-state index contributed by atoms with van der Waals surface area (Å²) in [5.74, 6) is 0. The molecular formula is C16H27N2O+. The lowest BCUT2D eigenvalue weighted by Crippen LogP contribution is -2.54. The van der Waals surface area contributed by atoms with Crippen LogP contribution in [-0.4, -0.2) is 44.2 Å². The average Bonchev–Trinajstić information content (AvgIpc) is 2.75. The van der Waals surface area contributed by atoms with Gasteiger partial charge in [-0.15, -0.1) is 4.65 Å². The van der Waals surface area contributed by atoms with Gasteiger partial charge in [-0.3, -0.25) is 0 Å². The largest absolute Gasteiger partial charge is 0.304 e. The van der Waals surface area contributed by atoms with E-state index in [-0.39, 0.29) is 0 Å². The van der Waals surface area contributed by atoms with Crippen LogP contribution in [0.4, 0.5) is 5.69 Å². The van der Waals surface area contributed by atoms with Gasteiger partial charge in [-0.1, -0.05) is 25.1 Å². The Hall–Kier alpha value is -0.900. The van der Waals surface area contributed by atoms with Crippen LogP contribution in [0, 0.1) is 0 Å². The molecule has 3 atom stereocenters. The van der Waals surface area contributed by atoms with Crippen LogP contribution >= 0.6 is 0 Å². The predicted octanol–water partition coefficient (Wildman–Crippen LogP) is 3.06. The molecule has 19 heavy (non-hydrogen) atoms. The number of hydrogen-bond donors (Lipinski definition) is 0. The zero-order chi connectivity index (χ0) is 13.9. The van der Waals surface area contributed by atoms with Crippen molar-refractivity contribution in [2.24, 2.45) is 0 Å². The maximum atomic E-state index is 6.40. The summed E-state index contributed by atoms with van der Waals surface area (Å²) in [6, 6.07) is 11.3. The van der Waals surface area contributed by atoms with Gasteiger partial charge in [0.1, 0.15) is 18.7 Å². The van der Waals surface area contributed by atoms with Crippen LogP contribution in [0.1, 0.15) is 26.7 Å². The number of benzene rings is 1. The highest BCUT2D eigenvalue weighted by atomic mass is 16.7. The molecule has 0 amide bonds. The zero-order valence-electron chi connectivity index (χ0n) is 12.7. The molecule has 3 nitrogen and oxygen atoms in total. The fraction of sp³-hybridized carbons (Fsp3) is 0.625. The molecule has 0 bridgehead atoms. The Balaban J connectivity index is 2.32. The van der Waals surface area contributed by atoms with Crippen molar-refractivity contribution in [1.82, 2.24) is 9.55 Å². The highest BCUT2D eigenvalue weighted by molar-refractivity contribution is 5.42. The number of para-hydroxylation sites is 1. The lowest BCUT2D eigenvalue weighted by Gasteiger charge is -2.36. The number of nitrogens with zero attached hydrogens (tertiary/aromatic N) is 2. The van der Waals surface area contributed by atoms with Gasteiger partial charge < -0.3 is 4.90 Å². The fourth-order valence-corrected chi connectivity index (χ4v) is 3.13. The molecule has 1 fully saturated rings.